The van der Waals surface area contributed by atoms with Gasteiger partial charge in [-0.25, -0.2) is 18.2 Å². The molecule has 0 atom stereocenters. The van der Waals surface area contributed by atoms with E-state index in [2.05, 4.69) is 15.1 Å². The SMILES string of the molecule is CN(c1cccc(-c2cc(=NC3CC3)n3nc/c(=C\c4[nH]c(=O)[nH]c4O)c3n2)c1)S(C)(=O)=O. The number of benzene rings is 1. The first-order valence-electron chi connectivity index (χ1n) is 10.2. The second-order valence-electron chi connectivity index (χ2n) is 7.96. The molecule has 0 amide bonds. The van der Waals surface area contributed by atoms with Crippen LogP contribution in [0.1, 0.15) is 18.5 Å². The molecule has 3 N–H and O–H groups in total. The summed E-state index contributed by atoms with van der Waals surface area (Å²) in [6.07, 6.45) is 6.31. The number of rotatable bonds is 5. The number of H-pyrrole nitrogens is 2. The van der Waals surface area contributed by atoms with E-state index in [-0.39, 0.29) is 17.6 Å². The first-order valence-corrected chi connectivity index (χ1v) is 12.0. The summed E-state index contributed by atoms with van der Waals surface area (Å²) in [6.45, 7) is 0. The fourth-order valence-corrected chi connectivity index (χ4v) is 3.89. The Balaban J connectivity index is 1.73. The number of sulfonamides is 1. The minimum atomic E-state index is -3.42. The van der Waals surface area contributed by atoms with Crippen molar-refractivity contribution in [3.8, 4) is 17.1 Å². The molecular weight excluding hydrogens is 446 g/mol. The minimum Gasteiger partial charge on any atom is -0.493 e. The van der Waals surface area contributed by atoms with Crippen LogP contribution in [0.5, 0.6) is 5.88 Å². The highest BCUT2D eigenvalue weighted by Gasteiger charge is 2.20. The third-order valence-corrected chi connectivity index (χ3v) is 6.59. The van der Waals surface area contributed by atoms with Crippen molar-refractivity contribution in [2.45, 2.75) is 18.9 Å². The zero-order valence-corrected chi connectivity index (χ0v) is 18.7. The standard InChI is InChI=1S/C21H21N7O4S/c1-27(33(2,31)32)15-5-3-4-12(8-15)16-10-18(23-14-6-7-14)28-19(24-16)13(11-22-28)9-17-20(29)26-21(30)25-17/h3-5,8-11,14,29H,6-7H2,1-2H3,(H2,25,26,30)/b13-9+,23-18?. The van der Waals surface area contributed by atoms with Crippen molar-refractivity contribution in [2.24, 2.45) is 4.99 Å². The number of hydrogen-bond acceptors (Lipinski definition) is 7. The summed E-state index contributed by atoms with van der Waals surface area (Å²) in [5.74, 6) is -0.282. The highest BCUT2D eigenvalue weighted by molar-refractivity contribution is 7.92. The normalized spacial score (nSPS) is 15.5. The fourth-order valence-electron chi connectivity index (χ4n) is 3.40. The average Bonchev–Trinajstić information content (AvgIpc) is 3.40. The Bertz CT molecular complexity index is 1660. The molecule has 0 saturated heterocycles. The summed E-state index contributed by atoms with van der Waals surface area (Å²) in [6, 6.07) is 9.11. The van der Waals surface area contributed by atoms with Crippen LogP contribution in [0.25, 0.3) is 23.0 Å². The van der Waals surface area contributed by atoms with Crippen molar-refractivity contribution in [2.75, 3.05) is 17.6 Å². The number of aromatic hydroxyl groups is 1. The van der Waals surface area contributed by atoms with Crippen molar-refractivity contribution >= 4 is 27.4 Å². The molecule has 0 unspecified atom stereocenters. The Morgan fingerprint density at radius 3 is 2.73 bits per heavy atom. The quantitative estimate of drug-likeness (QED) is 0.380. The van der Waals surface area contributed by atoms with Crippen molar-refractivity contribution in [1.82, 2.24) is 24.6 Å². The van der Waals surface area contributed by atoms with E-state index < -0.39 is 15.7 Å². The summed E-state index contributed by atoms with van der Waals surface area (Å²) < 4.78 is 26.8. The second-order valence-corrected chi connectivity index (χ2v) is 9.98. The molecule has 0 spiro atoms. The van der Waals surface area contributed by atoms with E-state index in [0.717, 1.165) is 19.1 Å². The number of hydrogen-bond donors (Lipinski definition) is 3. The third-order valence-electron chi connectivity index (χ3n) is 5.38. The fraction of sp³-hybridized carbons (Fsp3) is 0.238. The molecule has 0 bridgehead atoms. The van der Waals surface area contributed by atoms with Crippen molar-refractivity contribution in [3.05, 3.63) is 63.4 Å². The van der Waals surface area contributed by atoms with Crippen LogP contribution >= 0.6 is 0 Å². The van der Waals surface area contributed by atoms with Crippen LogP contribution < -0.4 is 20.7 Å². The first-order chi connectivity index (χ1) is 15.7. The number of nitrogens with one attached hydrogen (secondary N) is 2. The summed E-state index contributed by atoms with van der Waals surface area (Å²) >= 11 is 0. The summed E-state index contributed by atoms with van der Waals surface area (Å²) in [4.78, 5) is 25.8. The third kappa shape index (κ3) is 4.12. The van der Waals surface area contributed by atoms with Gasteiger partial charge in [-0.3, -0.25) is 14.3 Å². The number of imidazole rings is 1. The van der Waals surface area contributed by atoms with Gasteiger partial charge in [-0.1, -0.05) is 12.1 Å². The summed E-state index contributed by atoms with van der Waals surface area (Å²) in [5, 5.41) is 14.9. The van der Waals surface area contributed by atoms with E-state index in [0.29, 0.717) is 33.3 Å². The van der Waals surface area contributed by atoms with E-state index in [4.69, 9.17) is 9.98 Å². The van der Waals surface area contributed by atoms with Crippen LogP contribution in [0.15, 0.2) is 46.3 Å². The van der Waals surface area contributed by atoms with Crippen LogP contribution in [-0.4, -0.2) is 57.4 Å². The maximum Gasteiger partial charge on any atom is 0.326 e. The largest absolute Gasteiger partial charge is 0.493 e. The van der Waals surface area contributed by atoms with Crippen LogP contribution in [0.4, 0.5) is 5.69 Å². The molecule has 12 heteroatoms. The van der Waals surface area contributed by atoms with Gasteiger partial charge < -0.3 is 10.1 Å². The number of anilines is 1. The minimum absolute atomic E-state index is 0.208. The maximum absolute atomic E-state index is 12.0. The number of aromatic nitrogens is 5. The molecule has 4 aromatic rings. The zero-order valence-electron chi connectivity index (χ0n) is 17.8. The van der Waals surface area contributed by atoms with Gasteiger partial charge in [0.2, 0.25) is 15.9 Å². The van der Waals surface area contributed by atoms with E-state index in [1.54, 1.807) is 35.0 Å². The van der Waals surface area contributed by atoms with Crippen LogP contribution in [0.3, 0.4) is 0 Å². The lowest BCUT2D eigenvalue weighted by Crippen LogP contribution is -2.24. The number of aromatic amines is 2. The molecule has 1 fully saturated rings. The monoisotopic (exact) mass is 467 g/mol. The molecule has 170 valence electrons. The van der Waals surface area contributed by atoms with Crippen molar-refractivity contribution < 1.29 is 13.5 Å². The number of fused-ring (bicyclic) bond motifs is 1. The molecule has 0 aliphatic heterocycles. The van der Waals surface area contributed by atoms with Gasteiger partial charge in [0.1, 0.15) is 5.69 Å². The van der Waals surface area contributed by atoms with Crippen LogP contribution in [0.2, 0.25) is 0 Å². The highest BCUT2D eigenvalue weighted by Crippen LogP contribution is 2.25. The molecule has 1 aromatic carbocycles. The van der Waals surface area contributed by atoms with Gasteiger partial charge >= 0.3 is 5.69 Å². The smallest absolute Gasteiger partial charge is 0.326 e. The second kappa shape index (κ2) is 7.59. The molecule has 33 heavy (non-hydrogen) atoms. The molecule has 1 saturated carbocycles. The zero-order chi connectivity index (χ0) is 23.3. The Morgan fingerprint density at radius 2 is 2.06 bits per heavy atom. The Kier molecular flexibility index (Phi) is 4.81. The van der Waals surface area contributed by atoms with Gasteiger partial charge in [-0.15, -0.1) is 0 Å². The predicted molar refractivity (Wildman–Crippen MR) is 122 cm³/mol. The Morgan fingerprint density at radius 1 is 1.27 bits per heavy atom. The molecule has 11 nitrogen and oxygen atoms in total. The molecule has 1 aliphatic carbocycles. The number of nitrogens with zero attached hydrogens (tertiary/aromatic N) is 5. The molecule has 3 aromatic heterocycles. The van der Waals surface area contributed by atoms with Gasteiger partial charge in [0, 0.05) is 23.9 Å². The van der Waals surface area contributed by atoms with E-state index in [9.17, 15) is 18.3 Å². The van der Waals surface area contributed by atoms with Gasteiger partial charge in [-0.2, -0.15) is 9.61 Å². The molecule has 0 radical (unpaired) electrons. The lowest BCUT2D eigenvalue weighted by atomic mass is 10.1. The van der Waals surface area contributed by atoms with Gasteiger partial charge in [-0.05, 0) is 31.1 Å². The van der Waals surface area contributed by atoms with Crippen LogP contribution in [0, 0.1) is 0 Å². The van der Waals surface area contributed by atoms with Gasteiger partial charge in [0.25, 0.3) is 0 Å². The van der Waals surface area contributed by atoms with Crippen LogP contribution in [-0.2, 0) is 10.0 Å². The predicted octanol–water partition coefficient (Wildman–Crippen LogP) is 0.125. The Labute approximate surface area is 187 Å². The van der Waals surface area contributed by atoms with Crippen molar-refractivity contribution in [3.63, 3.8) is 0 Å². The summed E-state index contributed by atoms with van der Waals surface area (Å²) in [7, 11) is -1.93. The van der Waals surface area contributed by atoms with Crippen molar-refractivity contribution in [1.29, 1.82) is 0 Å². The van der Waals surface area contributed by atoms with E-state index in [1.807, 2.05) is 12.1 Å². The lowest BCUT2D eigenvalue weighted by Gasteiger charge is -2.17. The summed E-state index contributed by atoms with van der Waals surface area (Å²) in [5.41, 5.74) is 2.59. The van der Waals surface area contributed by atoms with Gasteiger partial charge in [0.05, 0.1) is 29.9 Å². The molecule has 3 heterocycles. The first kappa shape index (κ1) is 20.9. The lowest BCUT2D eigenvalue weighted by molar-refractivity contribution is 0.454. The van der Waals surface area contributed by atoms with E-state index >= 15 is 0 Å². The average molecular weight is 468 g/mol. The molecular formula is C21H21N7O4S. The topological polar surface area (TPSA) is 149 Å². The highest BCUT2D eigenvalue weighted by atomic mass is 32.2. The Hall–Kier alpha value is -3.93. The van der Waals surface area contributed by atoms with Gasteiger partial charge in [0.15, 0.2) is 11.1 Å². The maximum atomic E-state index is 12.0. The molecule has 5 rings (SSSR count). The van der Waals surface area contributed by atoms with E-state index in [1.165, 1.54) is 11.4 Å². The molecule has 1 aliphatic rings.